The number of carbonyl (C=O) groups excluding carboxylic acids is 1. The molecule has 0 aliphatic rings. The van der Waals surface area contributed by atoms with Crippen LogP contribution in [0.1, 0.15) is 46.5 Å². The largest absolute Gasteiger partial charge is 0.298 e. The van der Waals surface area contributed by atoms with Gasteiger partial charge in [0.2, 0.25) is 0 Å². The van der Waals surface area contributed by atoms with Crippen molar-refractivity contribution in [3.63, 3.8) is 0 Å². The normalized spacial score (nSPS) is 12.2. The van der Waals surface area contributed by atoms with Crippen molar-refractivity contribution in [3.05, 3.63) is 0 Å². The van der Waals surface area contributed by atoms with Gasteiger partial charge in [0.25, 0.3) is 0 Å². The van der Waals surface area contributed by atoms with Gasteiger partial charge in [0, 0.05) is 6.42 Å². The number of carbonyl (C=O) groups is 1. The highest BCUT2D eigenvalue weighted by Gasteiger charge is 2.28. The summed E-state index contributed by atoms with van der Waals surface area (Å²) in [6.07, 6.45) is 4.09. The number of likely N-dealkylation sites (N-methyl/N-ethyl adjacent to an activating group) is 1. The maximum atomic E-state index is 11.7. The molecule has 13 heavy (non-hydrogen) atoms. The van der Waals surface area contributed by atoms with Gasteiger partial charge in [-0.3, -0.25) is 9.69 Å². The standard InChI is InChI=1S/C11H23NO/c1-6-7-8-9-10(13)11(2,3)12(4)5/h6-9H2,1-5H3. The van der Waals surface area contributed by atoms with Crippen molar-refractivity contribution in [2.24, 2.45) is 0 Å². The molecule has 0 aromatic carbocycles. The summed E-state index contributed by atoms with van der Waals surface area (Å²) < 4.78 is 0. The van der Waals surface area contributed by atoms with Gasteiger partial charge in [0.05, 0.1) is 5.54 Å². The molecule has 0 saturated carbocycles. The smallest absolute Gasteiger partial charge is 0.152 e. The zero-order chi connectivity index (χ0) is 10.5. The minimum Gasteiger partial charge on any atom is -0.298 e. The number of unbranched alkanes of at least 4 members (excludes halogenated alkanes) is 2. The summed E-state index contributed by atoms with van der Waals surface area (Å²) in [5.41, 5.74) is -0.298. The Morgan fingerprint density at radius 1 is 1.23 bits per heavy atom. The van der Waals surface area contributed by atoms with E-state index < -0.39 is 0 Å². The van der Waals surface area contributed by atoms with Crippen LogP contribution in [0.25, 0.3) is 0 Å². The lowest BCUT2D eigenvalue weighted by atomic mass is 9.93. The van der Waals surface area contributed by atoms with E-state index in [9.17, 15) is 4.79 Å². The number of hydrogen-bond acceptors (Lipinski definition) is 2. The molecule has 0 heterocycles. The highest BCUT2D eigenvalue weighted by Crippen LogP contribution is 2.15. The van der Waals surface area contributed by atoms with Crippen molar-refractivity contribution < 1.29 is 4.79 Å². The monoisotopic (exact) mass is 185 g/mol. The maximum absolute atomic E-state index is 11.7. The fourth-order valence-corrected chi connectivity index (χ4v) is 1.09. The Morgan fingerprint density at radius 3 is 2.15 bits per heavy atom. The second-order valence-corrected chi connectivity index (χ2v) is 4.33. The summed E-state index contributed by atoms with van der Waals surface area (Å²) in [6.45, 7) is 6.13. The Labute approximate surface area is 82.3 Å². The highest BCUT2D eigenvalue weighted by atomic mass is 16.1. The van der Waals surface area contributed by atoms with Crippen LogP contribution in [-0.2, 0) is 4.79 Å². The van der Waals surface area contributed by atoms with Crippen LogP contribution in [0, 0.1) is 0 Å². The van der Waals surface area contributed by atoms with Crippen LogP contribution in [0.2, 0.25) is 0 Å². The molecule has 2 nitrogen and oxygen atoms in total. The Hall–Kier alpha value is -0.370. The van der Waals surface area contributed by atoms with Gasteiger partial charge in [-0.15, -0.1) is 0 Å². The quantitative estimate of drug-likeness (QED) is 0.592. The minimum absolute atomic E-state index is 0.298. The third kappa shape index (κ3) is 3.90. The third-order valence-electron chi connectivity index (χ3n) is 2.81. The molecule has 0 spiro atoms. The number of hydrogen-bond donors (Lipinski definition) is 0. The van der Waals surface area contributed by atoms with Gasteiger partial charge in [0.15, 0.2) is 5.78 Å². The zero-order valence-electron chi connectivity index (χ0n) is 9.68. The Morgan fingerprint density at radius 2 is 1.77 bits per heavy atom. The molecule has 0 amide bonds. The number of nitrogens with zero attached hydrogens (tertiary/aromatic N) is 1. The summed E-state index contributed by atoms with van der Waals surface area (Å²) in [5, 5.41) is 0. The van der Waals surface area contributed by atoms with Crippen LogP contribution in [0.15, 0.2) is 0 Å². The first kappa shape index (κ1) is 12.6. The molecule has 0 fully saturated rings. The molecule has 0 aliphatic heterocycles. The lowest BCUT2D eigenvalue weighted by molar-refractivity contribution is -0.128. The lowest BCUT2D eigenvalue weighted by Gasteiger charge is -2.30. The van der Waals surface area contributed by atoms with E-state index in [-0.39, 0.29) is 5.54 Å². The summed E-state index contributed by atoms with van der Waals surface area (Å²) in [4.78, 5) is 13.7. The first-order valence-corrected chi connectivity index (χ1v) is 5.13. The molecule has 0 atom stereocenters. The van der Waals surface area contributed by atoms with E-state index in [1.54, 1.807) is 0 Å². The first-order chi connectivity index (χ1) is 5.92. The summed E-state index contributed by atoms with van der Waals surface area (Å²) in [6, 6.07) is 0. The number of Topliss-reactive ketones (excluding diaryl/α,β-unsaturated/α-hetero) is 1. The van der Waals surface area contributed by atoms with Crippen molar-refractivity contribution in [1.82, 2.24) is 4.90 Å². The van der Waals surface area contributed by atoms with Gasteiger partial charge >= 0.3 is 0 Å². The molecule has 78 valence electrons. The van der Waals surface area contributed by atoms with Gasteiger partial charge in [-0.1, -0.05) is 19.8 Å². The van der Waals surface area contributed by atoms with Crippen LogP contribution in [-0.4, -0.2) is 30.3 Å². The van der Waals surface area contributed by atoms with Crippen LogP contribution < -0.4 is 0 Å². The molecule has 0 aliphatic carbocycles. The van der Waals surface area contributed by atoms with Crippen LogP contribution in [0.4, 0.5) is 0 Å². The average molecular weight is 185 g/mol. The molecule has 0 aromatic rings. The molecule has 2 heteroatoms. The summed E-state index contributed by atoms with van der Waals surface area (Å²) in [7, 11) is 3.91. The van der Waals surface area contributed by atoms with Crippen LogP contribution in [0.3, 0.4) is 0 Å². The van der Waals surface area contributed by atoms with Crippen LogP contribution in [0.5, 0.6) is 0 Å². The Balaban J connectivity index is 3.95. The second kappa shape index (κ2) is 5.38. The van der Waals surface area contributed by atoms with Gasteiger partial charge < -0.3 is 0 Å². The maximum Gasteiger partial charge on any atom is 0.152 e. The first-order valence-electron chi connectivity index (χ1n) is 5.13. The Bertz CT molecular complexity index is 161. The molecular weight excluding hydrogens is 162 g/mol. The van der Waals surface area contributed by atoms with Crippen molar-refractivity contribution >= 4 is 5.78 Å². The molecule has 0 unspecified atom stereocenters. The molecule has 0 rings (SSSR count). The average Bonchev–Trinajstić information content (AvgIpc) is 2.04. The van der Waals surface area contributed by atoms with E-state index in [0.29, 0.717) is 5.78 Å². The molecule has 0 radical (unpaired) electrons. The van der Waals surface area contributed by atoms with Crippen molar-refractivity contribution in [2.45, 2.75) is 52.0 Å². The van der Waals surface area contributed by atoms with Crippen molar-refractivity contribution in [3.8, 4) is 0 Å². The summed E-state index contributed by atoms with van der Waals surface area (Å²) in [5.74, 6) is 0.353. The van der Waals surface area contributed by atoms with Gasteiger partial charge in [-0.25, -0.2) is 0 Å². The second-order valence-electron chi connectivity index (χ2n) is 4.33. The highest BCUT2D eigenvalue weighted by molar-refractivity contribution is 5.87. The molecule has 0 saturated heterocycles. The zero-order valence-corrected chi connectivity index (χ0v) is 9.68. The lowest BCUT2D eigenvalue weighted by Crippen LogP contribution is -2.45. The van der Waals surface area contributed by atoms with E-state index in [4.69, 9.17) is 0 Å². The molecule has 0 N–H and O–H groups in total. The molecule has 0 bridgehead atoms. The van der Waals surface area contributed by atoms with Gasteiger partial charge in [-0.05, 0) is 34.4 Å². The van der Waals surface area contributed by atoms with Crippen molar-refractivity contribution in [1.29, 1.82) is 0 Å². The van der Waals surface area contributed by atoms with E-state index in [1.165, 1.54) is 6.42 Å². The van der Waals surface area contributed by atoms with E-state index in [1.807, 2.05) is 32.8 Å². The van der Waals surface area contributed by atoms with Crippen LogP contribution >= 0.6 is 0 Å². The van der Waals surface area contributed by atoms with Crippen molar-refractivity contribution in [2.75, 3.05) is 14.1 Å². The van der Waals surface area contributed by atoms with E-state index in [2.05, 4.69) is 6.92 Å². The predicted octanol–water partition coefficient (Wildman–Crippen LogP) is 2.48. The SMILES string of the molecule is CCCCCC(=O)C(C)(C)N(C)C. The number of ketones is 1. The fourth-order valence-electron chi connectivity index (χ4n) is 1.09. The van der Waals surface area contributed by atoms with E-state index >= 15 is 0 Å². The van der Waals surface area contributed by atoms with Gasteiger partial charge in [-0.2, -0.15) is 0 Å². The molecular formula is C11H23NO. The topological polar surface area (TPSA) is 20.3 Å². The molecule has 0 aromatic heterocycles. The van der Waals surface area contributed by atoms with Gasteiger partial charge in [0.1, 0.15) is 0 Å². The van der Waals surface area contributed by atoms with E-state index in [0.717, 1.165) is 19.3 Å². The third-order valence-corrected chi connectivity index (χ3v) is 2.81. The predicted molar refractivity (Wildman–Crippen MR) is 56.9 cm³/mol. The fraction of sp³-hybridized carbons (Fsp3) is 0.909. The Kier molecular flexibility index (Phi) is 5.23. The summed E-state index contributed by atoms with van der Waals surface area (Å²) >= 11 is 0. The minimum atomic E-state index is -0.298. The number of rotatable bonds is 6.